The second kappa shape index (κ2) is 5.81. The molecule has 6 nitrogen and oxygen atoms in total. The van der Waals surface area contributed by atoms with Gasteiger partial charge in [-0.25, -0.2) is 0 Å². The third kappa shape index (κ3) is 3.71. The molecule has 1 aliphatic rings. The molecule has 0 saturated carbocycles. The minimum Gasteiger partial charge on any atom is -0.368 e. The lowest BCUT2D eigenvalue weighted by Crippen LogP contribution is -2.34. The van der Waals surface area contributed by atoms with E-state index in [4.69, 9.17) is 5.73 Å². The molecule has 3 N–H and O–H groups in total. The summed E-state index contributed by atoms with van der Waals surface area (Å²) in [7, 11) is 0. The van der Waals surface area contributed by atoms with E-state index < -0.39 is 0 Å². The molecule has 0 bridgehead atoms. The van der Waals surface area contributed by atoms with Gasteiger partial charge in [0.25, 0.3) is 0 Å². The minimum atomic E-state index is 0.132. The van der Waals surface area contributed by atoms with E-state index >= 15 is 0 Å². The number of nitrogens with one attached hydrogen (secondary N) is 1. The van der Waals surface area contributed by atoms with Crippen LogP contribution in [0.3, 0.4) is 0 Å². The fourth-order valence-electron chi connectivity index (χ4n) is 2.09. The van der Waals surface area contributed by atoms with Gasteiger partial charge in [-0.05, 0) is 31.6 Å². The Hall–Kier alpha value is -1.59. The van der Waals surface area contributed by atoms with Gasteiger partial charge in [-0.15, -0.1) is 0 Å². The van der Waals surface area contributed by atoms with Gasteiger partial charge in [-0.1, -0.05) is 20.8 Å². The smallest absolute Gasteiger partial charge is 0.231 e. The Morgan fingerprint density at radius 3 is 2.35 bits per heavy atom. The number of nitrogens with zero attached hydrogens (tertiary/aromatic N) is 4. The largest absolute Gasteiger partial charge is 0.368 e. The van der Waals surface area contributed by atoms with E-state index in [-0.39, 0.29) is 17.4 Å². The zero-order chi connectivity index (χ0) is 14.8. The molecule has 1 aromatic heterocycles. The van der Waals surface area contributed by atoms with Crippen LogP contribution in [-0.2, 0) is 0 Å². The van der Waals surface area contributed by atoms with Crippen LogP contribution in [0.2, 0.25) is 0 Å². The van der Waals surface area contributed by atoms with Crippen LogP contribution in [0.4, 0.5) is 17.8 Å². The molecule has 112 valence electrons. The predicted molar refractivity (Wildman–Crippen MR) is 82.8 cm³/mol. The lowest BCUT2D eigenvalue weighted by Gasteiger charge is -2.29. The summed E-state index contributed by atoms with van der Waals surface area (Å²) in [5.41, 5.74) is 5.95. The molecule has 1 aromatic rings. The summed E-state index contributed by atoms with van der Waals surface area (Å²) in [5.74, 6) is 1.55. The average Bonchev–Trinajstić information content (AvgIpc) is 2.38. The number of nitrogen functional groups attached to an aromatic ring is 1. The highest BCUT2D eigenvalue weighted by Crippen LogP contribution is 2.23. The molecule has 0 amide bonds. The molecular weight excluding hydrogens is 252 g/mol. The van der Waals surface area contributed by atoms with Crippen molar-refractivity contribution >= 4 is 17.8 Å². The van der Waals surface area contributed by atoms with E-state index in [1.165, 1.54) is 19.3 Å². The van der Waals surface area contributed by atoms with Gasteiger partial charge < -0.3 is 16.0 Å². The topological polar surface area (TPSA) is 80.0 Å². The van der Waals surface area contributed by atoms with Crippen LogP contribution in [0.5, 0.6) is 0 Å². The summed E-state index contributed by atoms with van der Waals surface area (Å²) >= 11 is 0. The lowest BCUT2D eigenvalue weighted by molar-refractivity contribution is 0.358. The van der Waals surface area contributed by atoms with E-state index in [2.05, 4.69) is 52.9 Å². The Bertz CT molecular complexity index is 447. The normalized spacial score (nSPS) is 17.9. The molecule has 1 aliphatic heterocycles. The molecule has 20 heavy (non-hydrogen) atoms. The van der Waals surface area contributed by atoms with Gasteiger partial charge >= 0.3 is 0 Å². The number of nitrogens with two attached hydrogens (primary N) is 1. The molecule has 0 aliphatic carbocycles. The van der Waals surface area contributed by atoms with Crippen LogP contribution in [0.1, 0.15) is 47.0 Å². The lowest BCUT2D eigenvalue weighted by atomic mass is 9.88. The van der Waals surface area contributed by atoms with E-state index in [0.717, 1.165) is 13.1 Å². The Balaban J connectivity index is 2.15. The van der Waals surface area contributed by atoms with Gasteiger partial charge in [0.1, 0.15) is 0 Å². The molecule has 2 heterocycles. The van der Waals surface area contributed by atoms with Crippen molar-refractivity contribution < 1.29 is 0 Å². The molecule has 1 unspecified atom stereocenters. The van der Waals surface area contributed by atoms with Crippen LogP contribution < -0.4 is 16.0 Å². The van der Waals surface area contributed by atoms with Crippen molar-refractivity contribution in [3.8, 4) is 0 Å². The maximum atomic E-state index is 5.82. The standard InChI is InChI=1S/C14H26N6/c1-10(14(2,3)4)16-12-17-11(15)18-13(19-12)20-8-6-5-7-9-20/h10H,5-9H2,1-4H3,(H3,15,16,17,18,19). The second-order valence-corrected chi connectivity index (χ2v) is 6.60. The summed E-state index contributed by atoms with van der Waals surface area (Å²) in [6, 6.07) is 0.249. The molecule has 2 rings (SSSR count). The molecule has 1 saturated heterocycles. The molecule has 0 radical (unpaired) electrons. The predicted octanol–water partition coefficient (Wildman–Crippen LogP) is 2.29. The van der Waals surface area contributed by atoms with Crippen molar-refractivity contribution in [2.75, 3.05) is 29.0 Å². The third-order valence-electron chi connectivity index (χ3n) is 3.92. The number of rotatable bonds is 3. The van der Waals surface area contributed by atoms with Crippen LogP contribution in [0, 0.1) is 5.41 Å². The van der Waals surface area contributed by atoms with Gasteiger partial charge in [0.15, 0.2) is 0 Å². The van der Waals surface area contributed by atoms with Crippen molar-refractivity contribution in [2.45, 2.75) is 53.0 Å². The SMILES string of the molecule is CC(Nc1nc(N)nc(N2CCCCC2)n1)C(C)(C)C. The highest BCUT2D eigenvalue weighted by molar-refractivity contribution is 5.42. The fourth-order valence-corrected chi connectivity index (χ4v) is 2.09. The first-order valence-electron chi connectivity index (χ1n) is 7.39. The minimum absolute atomic E-state index is 0.132. The first-order valence-corrected chi connectivity index (χ1v) is 7.39. The van der Waals surface area contributed by atoms with Crippen LogP contribution in [0.15, 0.2) is 0 Å². The van der Waals surface area contributed by atoms with Gasteiger partial charge in [-0.2, -0.15) is 15.0 Å². The molecule has 1 fully saturated rings. The Labute approximate surface area is 121 Å². The van der Waals surface area contributed by atoms with E-state index in [0.29, 0.717) is 11.9 Å². The highest BCUT2D eigenvalue weighted by Gasteiger charge is 2.22. The van der Waals surface area contributed by atoms with Crippen molar-refractivity contribution in [1.82, 2.24) is 15.0 Å². The maximum Gasteiger partial charge on any atom is 0.231 e. The number of aromatic nitrogens is 3. The van der Waals surface area contributed by atoms with Crippen LogP contribution in [-0.4, -0.2) is 34.1 Å². The number of hydrogen-bond donors (Lipinski definition) is 2. The zero-order valence-corrected chi connectivity index (χ0v) is 13.0. The Morgan fingerprint density at radius 2 is 1.75 bits per heavy atom. The zero-order valence-electron chi connectivity index (χ0n) is 13.0. The van der Waals surface area contributed by atoms with E-state index in [1.54, 1.807) is 0 Å². The average molecular weight is 278 g/mol. The third-order valence-corrected chi connectivity index (χ3v) is 3.92. The maximum absolute atomic E-state index is 5.82. The fraction of sp³-hybridized carbons (Fsp3) is 0.786. The highest BCUT2D eigenvalue weighted by atomic mass is 15.3. The van der Waals surface area contributed by atoms with Crippen molar-refractivity contribution in [1.29, 1.82) is 0 Å². The van der Waals surface area contributed by atoms with Crippen molar-refractivity contribution in [3.05, 3.63) is 0 Å². The summed E-state index contributed by atoms with van der Waals surface area (Å²) in [5, 5.41) is 3.33. The van der Waals surface area contributed by atoms with Gasteiger partial charge in [0.2, 0.25) is 17.8 Å². The number of piperidine rings is 1. The van der Waals surface area contributed by atoms with E-state index in [1.807, 2.05) is 0 Å². The Morgan fingerprint density at radius 1 is 1.10 bits per heavy atom. The summed E-state index contributed by atoms with van der Waals surface area (Å²) in [6.45, 7) is 10.7. The van der Waals surface area contributed by atoms with Gasteiger partial charge in [-0.3, -0.25) is 0 Å². The van der Waals surface area contributed by atoms with Crippen LogP contribution in [0.25, 0.3) is 0 Å². The van der Waals surface area contributed by atoms with Crippen molar-refractivity contribution in [3.63, 3.8) is 0 Å². The summed E-state index contributed by atoms with van der Waals surface area (Å²) in [4.78, 5) is 15.2. The van der Waals surface area contributed by atoms with Gasteiger partial charge in [0.05, 0.1) is 0 Å². The molecule has 0 spiro atoms. The van der Waals surface area contributed by atoms with Crippen LogP contribution >= 0.6 is 0 Å². The molecular formula is C14H26N6. The number of anilines is 3. The molecule has 6 heteroatoms. The van der Waals surface area contributed by atoms with Crippen molar-refractivity contribution in [2.24, 2.45) is 5.41 Å². The molecule has 0 aromatic carbocycles. The Kier molecular flexibility index (Phi) is 4.30. The summed E-state index contributed by atoms with van der Waals surface area (Å²) in [6.07, 6.45) is 3.66. The second-order valence-electron chi connectivity index (χ2n) is 6.60. The summed E-state index contributed by atoms with van der Waals surface area (Å²) < 4.78 is 0. The number of hydrogen-bond acceptors (Lipinski definition) is 6. The van der Waals surface area contributed by atoms with Gasteiger partial charge in [0, 0.05) is 19.1 Å². The first kappa shape index (κ1) is 14.8. The first-order chi connectivity index (χ1) is 9.36. The monoisotopic (exact) mass is 278 g/mol. The van der Waals surface area contributed by atoms with E-state index in [9.17, 15) is 0 Å². The molecule has 1 atom stereocenters. The quantitative estimate of drug-likeness (QED) is 0.883.